The van der Waals surface area contributed by atoms with Crippen molar-refractivity contribution in [1.82, 2.24) is 10.4 Å². The van der Waals surface area contributed by atoms with E-state index in [1.807, 2.05) is 41.8 Å². The molecule has 4 rings (SSSR count). The van der Waals surface area contributed by atoms with Crippen LogP contribution in [-0.4, -0.2) is 33.7 Å². The summed E-state index contributed by atoms with van der Waals surface area (Å²) in [6, 6.07) is 10.3. The van der Waals surface area contributed by atoms with Crippen LogP contribution in [0.5, 0.6) is 0 Å². The Morgan fingerprint density at radius 3 is 2.85 bits per heavy atom. The van der Waals surface area contributed by atoms with Gasteiger partial charge in [0.15, 0.2) is 0 Å². The van der Waals surface area contributed by atoms with Gasteiger partial charge < -0.3 is 15.8 Å². The van der Waals surface area contributed by atoms with Crippen LogP contribution in [0.3, 0.4) is 0 Å². The molecule has 1 unspecified atom stereocenters. The minimum absolute atomic E-state index is 0.144. The van der Waals surface area contributed by atoms with E-state index >= 15 is 0 Å². The Kier molecular flexibility index (Phi) is 4.35. The summed E-state index contributed by atoms with van der Waals surface area (Å²) in [5.74, 6) is -1.37. The Morgan fingerprint density at radius 2 is 2.11 bits per heavy atom. The van der Waals surface area contributed by atoms with Gasteiger partial charge in [-0.2, -0.15) is 5.10 Å². The highest BCUT2D eigenvalue weighted by Gasteiger charge is 2.26. The average molecular weight is 380 g/mol. The van der Waals surface area contributed by atoms with E-state index in [4.69, 9.17) is 5.73 Å². The number of nitrogens with two attached hydrogens (primary N) is 1. The quantitative estimate of drug-likeness (QED) is 0.507. The number of fused-ring (bicyclic) bond motifs is 1. The molecule has 0 saturated carbocycles. The molecule has 7 nitrogen and oxygen atoms in total. The van der Waals surface area contributed by atoms with Gasteiger partial charge in [0.25, 0.3) is 5.91 Å². The molecule has 0 saturated heterocycles. The number of hydrogen-bond acceptors (Lipinski definition) is 5. The van der Waals surface area contributed by atoms with Crippen molar-refractivity contribution in [3.8, 4) is 0 Å². The Hall–Kier alpha value is -3.23. The third-order valence-corrected chi connectivity index (χ3v) is 5.28. The van der Waals surface area contributed by atoms with Gasteiger partial charge in [-0.25, -0.2) is 5.43 Å². The van der Waals surface area contributed by atoms with Crippen LogP contribution in [0.2, 0.25) is 0 Å². The van der Waals surface area contributed by atoms with E-state index in [0.717, 1.165) is 21.3 Å². The van der Waals surface area contributed by atoms with Gasteiger partial charge in [-0.3, -0.25) is 9.59 Å². The second kappa shape index (κ2) is 6.82. The van der Waals surface area contributed by atoms with Gasteiger partial charge in [0, 0.05) is 23.0 Å². The van der Waals surface area contributed by atoms with Crippen LogP contribution < -0.4 is 11.2 Å². The first kappa shape index (κ1) is 17.2. The molecule has 0 radical (unpaired) electrons. The Labute approximate surface area is 158 Å². The summed E-state index contributed by atoms with van der Waals surface area (Å²) in [7, 11) is 0. The van der Waals surface area contributed by atoms with Crippen LogP contribution in [-0.2, 0) is 16.0 Å². The Morgan fingerprint density at radius 1 is 1.30 bits per heavy atom. The zero-order chi connectivity index (χ0) is 19.0. The largest absolute Gasteiger partial charge is 0.480 e. The number of aromatic amines is 1. The third kappa shape index (κ3) is 3.16. The summed E-state index contributed by atoms with van der Waals surface area (Å²) >= 11 is 1.49. The predicted octanol–water partition coefficient (Wildman–Crippen LogP) is 2.10. The van der Waals surface area contributed by atoms with Crippen LogP contribution in [0, 0.1) is 0 Å². The van der Waals surface area contributed by atoms with Crippen LogP contribution in [0.4, 0.5) is 0 Å². The summed E-state index contributed by atoms with van der Waals surface area (Å²) in [4.78, 5) is 27.7. The zero-order valence-electron chi connectivity index (χ0n) is 14.1. The smallest absolute Gasteiger partial charge is 0.320 e. The summed E-state index contributed by atoms with van der Waals surface area (Å²) < 4.78 is 0. The van der Waals surface area contributed by atoms with Crippen molar-refractivity contribution >= 4 is 45.9 Å². The highest BCUT2D eigenvalue weighted by atomic mass is 32.1. The van der Waals surface area contributed by atoms with Crippen molar-refractivity contribution in [2.24, 2.45) is 10.8 Å². The van der Waals surface area contributed by atoms with Crippen LogP contribution >= 0.6 is 11.3 Å². The average Bonchev–Trinajstić information content (AvgIpc) is 3.36. The molecule has 136 valence electrons. The van der Waals surface area contributed by atoms with Gasteiger partial charge >= 0.3 is 5.97 Å². The topological polar surface area (TPSA) is 121 Å². The minimum atomic E-state index is -1.07. The van der Waals surface area contributed by atoms with Crippen LogP contribution in [0.25, 0.3) is 17.0 Å². The van der Waals surface area contributed by atoms with Crippen molar-refractivity contribution < 1.29 is 14.7 Å². The number of hydrogen-bond donors (Lipinski definition) is 4. The number of carboxylic acids is 1. The second-order valence-electron chi connectivity index (χ2n) is 6.15. The number of nitrogens with zero attached hydrogens (tertiary/aromatic N) is 1. The molecule has 1 aromatic carbocycles. The van der Waals surface area contributed by atoms with E-state index in [-0.39, 0.29) is 12.3 Å². The number of carboxylic acid groups (broad SMARTS) is 1. The predicted molar refractivity (Wildman–Crippen MR) is 105 cm³/mol. The fourth-order valence-corrected chi connectivity index (χ4v) is 3.81. The number of thiophene rings is 1. The minimum Gasteiger partial charge on any atom is -0.480 e. The van der Waals surface area contributed by atoms with Crippen molar-refractivity contribution in [2.45, 2.75) is 12.5 Å². The maximum absolute atomic E-state index is 12.3. The van der Waals surface area contributed by atoms with Crippen molar-refractivity contribution in [3.05, 3.63) is 63.5 Å². The first-order chi connectivity index (χ1) is 13.0. The summed E-state index contributed by atoms with van der Waals surface area (Å²) in [5, 5.41) is 16.1. The van der Waals surface area contributed by atoms with E-state index in [9.17, 15) is 14.7 Å². The monoisotopic (exact) mass is 380 g/mol. The second-order valence-corrected chi connectivity index (χ2v) is 7.10. The molecule has 1 amide bonds. The number of aromatic nitrogens is 1. The lowest BCUT2D eigenvalue weighted by Crippen LogP contribution is -2.32. The number of benzene rings is 1. The highest BCUT2D eigenvalue weighted by molar-refractivity contribution is 7.12. The fourth-order valence-electron chi connectivity index (χ4n) is 3.09. The molecule has 1 aliphatic heterocycles. The maximum Gasteiger partial charge on any atom is 0.320 e. The Balaban J connectivity index is 1.83. The first-order valence-corrected chi connectivity index (χ1v) is 9.14. The SMILES string of the molecule is NC(Cc1c(C=C2C(=O)NN=C2c2cccs2)[nH]c2ccccc12)C(=O)O. The maximum atomic E-state index is 12.3. The molecular weight excluding hydrogens is 364 g/mol. The van der Waals surface area contributed by atoms with E-state index < -0.39 is 12.0 Å². The van der Waals surface area contributed by atoms with E-state index in [1.165, 1.54) is 11.3 Å². The summed E-state index contributed by atoms with van der Waals surface area (Å²) in [5.41, 5.74) is 11.5. The number of amides is 1. The van der Waals surface area contributed by atoms with E-state index in [1.54, 1.807) is 6.08 Å². The lowest BCUT2D eigenvalue weighted by molar-refractivity contribution is -0.138. The van der Waals surface area contributed by atoms with Gasteiger partial charge in [0.05, 0.1) is 10.5 Å². The highest BCUT2D eigenvalue weighted by Crippen LogP contribution is 2.27. The standard InChI is InChI=1S/C19H16N4O3S/c20-13(19(25)26)8-11-10-4-1-2-5-14(10)21-15(11)9-12-17(22-23-18(12)24)16-6-3-7-27-16/h1-7,9,13,21H,8,20H2,(H,23,24)(H,25,26). The normalized spacial score (nSPS) is 16.6. The van der Waals surface area contributed by atoms with Gasteiger partial charge in [-0.05, 0) is 29.2 Å². The van der Waals surface area contributed by atoms with Crippen LogP contribution in [0.1, 0.15) is 16.1 Å². The number of nitrogens with one attached hydrogen (secondary N) is 2. The number of para-hydroxylation sites is 1. The number of aliphatic carboxylic acids is 1. The van der Waals surface area contributed by atoms with Crippen molar-refractivity contribution in [2.75, 3.05) is 0 Å². The molecular formula is C19H16N4O3S. The molecule has 1 atom stereocenters. The molecule has 0 bridgehead atoms. The molecule has 5 N–H and O–H groups in total. The molecule has 0 spiro atoms. The van der Waals surface area contributed by atoms with Crippen molar-refractivity contribution in [1.29, 1.82) is 0 Å². The van der Waals surface area contributed by atoms with Gasteiger partial charge in [0.1, 0.15) is 11.8 Å². The molecule has 1 aliphatic rings. The lowest BCUT2D eigenvalue weighted by Gasteiger charge is -2.07. The molecule has 0 fully saturated rings. The molecule has 8 heteroatoms. The van der Waals surface area contributed by atoms with Gasteiger partial charge in [-0.15, -0.1) is 11.3 Å². The molecule has 2 aromatic heterocycles. The van der Waals surface area contributed by atoms with Crippen molar-refractivity contribution in [3.63, 3.8) is 0 Å². The molecule has 3 aromatic rings. The van der Waals surface area contributed by atoms with Crippen LogP contribution in [0.15, 0.2) is 52.5 Å². The van der Waals surface area contributed by atoms with E-state index in [0.29, 0.717) is 17.0 Å². The third-order valence-electron chi connectivity index (χ3n) is 4.40. The Bertz CT molecular complexity index is 1100. The number of rotatable bonds is 5. The molecule has 0 aliphatic carbocycles. The van der Waals surface area contributed by atoms with E-state index in [2.05, 4.69) is 15.5 Å². The first-order valence-electron chi connectivity index (χ1n) is 8.26. The number of hydrazone groups is 1. The van der Waals surface area contributed by atoms with Gasteiger partial charge in [-0.1, -0.05) is 24.3 Å². The molecule has 3 heterocycles. The fraction of sp³-hybridized carbons (Fsp3) is 0.105. The zero-order valence-corrected chi connectivity index (χ0v) is 14.9. The summed E-state index contributed by atoms with van der Waals surface area (Å²) in [6.45, 7) is 0. The summed E-state index contributed by atoms with van der Waals surface area (Å²) in [6.07, 6.45) is 1.86. The number of carbonyl (C=O) groups excluding carboxylic acids is 1. The van der Waals surface area contributed by atoms with Gasteiger partial charge in [0.2, 0.25) is 0 Å². The lowest BCUT2D eigenvalue weighted by atomic mass is 10.0. The molecule has 27 heavy (non-hydrogen) atoms. The number of H-pyrrole nitrogens is 1. The number of carbonyl (C=O) groups is 2.